The SMILES string of the molecule is NCCCNc1cnc(=O)[nH]c1-c1ccccc1O. The zero-order valence-corrected chi connectivity index (χ0v) is 10.4. The van der Waals surface area contributed by atoms with E-state index < -0.39 is 5.69 Å². The molecular weight excluding hydrogens is 244 g/mol. The number of benzene rings is 1. The van der Waals surface area contributed by atoms with Crippen LogP contribution in [0.1, 0.15) is 6.42 Å². The molecule has 1 heterocycles. The van der Waals surface area contributed by atoms with Crippen molar-refractivity contribution >= 4 is 5.69 Å². The maximum Gasteiger partial charge on any atom is 0.345 e. The highest BCUT2D eigenvalue weighted by Crippen LogP contribution is 2.31. The average Bonchev–Trinajstić information content (AvgIpc) is 2.41. The second-order valence-electron chi connectivity index (χ2n) is 4.06. The zero-order chi connectivity index (χ0) is 13.7. The van der Waals surface area contributed by atoms with Crippen LogP contribution in [0.5, 0.6) is 5.75 Å². The monoisotopic (exact) mass is 260 g/mol. The van der Waals surface area contributed by atoms with Crippen LogP contribution in [0, 0.1) is 0 Å². The van der Waals surface area contributed by atoms with Crippen LogP contribution in [0.3, 0.4) is 0 Å². The highest BCUT2D eigenvalue weighted by molar-refractivity contribution is 5.77. The molecule has 2 aromatic rings. The Hall–Kier alpha value is -2.34. The predicted octanol–water partition coefficient (Wildman–Crippen LogP) is 0.903. The van der Waals surface area contributed by atoms with Crippen molar-refractivity contribution in [2.45, 2.75) is 6.42 Å². The van der Waals surface area contributed by atoms with Crippen LogP contribution in [0.15, 0.2) is 35.3 Å². The van der Waals surface area contributed by atoms with Crippen molar-refractivity contribution < 1.29 is 5.11 Å². The predicted molar refractivity (Wildman–Crippen MR) is 74.1 cm³/mol. The zero-order valence-electron chi connectivity index (χ0n) is 10.4. The van der Waals surface area contributed by atoms with Crippen molar-refractivity contribution in [3.63, 3.8) is 0 Å². The Bertz CT molecular complexity index is 610. The molecule has 6 nitrogen and oxygen atoms in total. The van der Waals surface area contributed by atoms with E-state index in [1.807, 2.05) is 0 Å². The van der Waals surface area contributed by atoms with Gasteiger partial charge in [0, 0.05) is 12.1 Å². The lowest BCUT2D eigenvalue weighted by molar-refractivity contribution is 0.477. The van der Waals surface area contributed by atoms with Gasteiger partial charge in [-0.2, -0.15) is 4.98 Å². The van der Waals surface area contributed by atoms with E-state index in [-0.39, 0.29) is 5.75 Å². The molecule has 0 unspecified atom stereocenters. The van der Waals surface area contributed by atoms with E-state index in [2.05, 4.69) is 15.3 Å². The fourth-order valence-corrected chi connectivity index (χ4v) is 1.75. The molecule has 19 heavy (non-hydrogen) atoms. The molecule has 6 heteroatoms. The summed E-state index contributed by atoms with van der Waals surface area (Å²) in [5.41, 5.74) is 6.72. The first kappa shape index (κ1) is 13.1. The highest BCUT2D eigenvalue weighted by Gasteiger charge is 2.10. The number of nitrogens with two attached hydrogens (primary N) is 1. The summed E-state index contributed by atoms with van der Waals surface area (Å²) in [7, 11) is 0. The molecule has 0 aliphatic carbocycles. The summed E-state index contributed by atoms with van der Waals surface area (Å²) < 4.78 is 0. The summed E-state index contributed by atoms with van der Waals surface area (Å²) in [4.78, 5) is 17.7. The summed E-state index contributed by atoms with van der Waals surface area (Å²) in [5, 5.41) is 13.0. The second-order valence-corrected chi connectivity index (χ2v) is 4.06. The third kappa shape index (κ3) is 3.11. The van der Waals surface area contributed by atoms with Gasteiger partial charge < -0.3 is 21.1 Å². The van der Waals surface area contributed by atoms with Gasteiger partial charge in [0.15, 0.2) is 0 Å². The average molecular weight is 260 g/mol. The molecule has 100 valence electrons. The van der Waals surface area contributed by atoms with Gasteiger partial charge >= 0.3 is 5.69 Å². The molecule has 0 bridgehead atoms. The minimum absolute atomic E-state index is 0.103. The molecule has 0 aliphatic rings. The number of nitrogens with zero attached hydrogens (tertiary/aromatic N) is 1. The lowest BCUT2D eigenvalue weighted by atomic mass is 10.1. The number of hydrogen-bond donors (Lipinski definition) is 4. The summed E-state index contributed by atoms with van der Waals surface area (Å²) in [5.74, 6) is 0.103. The maximum atomic E-state index is 11.4. The summed E-state index contributed by atoms with van der Waals surface area (Å²) in [6, 6.07) is 6.81. The van der Waals surface area contributed by atoms with Gasteiger partial charge in [0.2, 0.25) is 0 Å². The minimum Gasteiger partial charge on any atom is -0.507 e. The molecule has 0 atom stereocenters. The van der Waals surface area contributed by atoms with E-state index in [1.54, 1.807) is 24.3 Å². The number of rotatable bonds is 5. The number of hydrogen-bond acceptors (Lipinski definition) is 5. The molecule has 1 aromatic heterocycles. The van der Waals surface area contributed by atoms with Crippen molar-refractivity contribution in [2.24, 2.45) is 5.73 Å². The number of phenolic OH excluding ortho intramolecular Hbond substituents is 1. The van der Waals surface area contributed by atoms with Crippen molar-refractivity contribution in [1.29, 1.82) is 0 Å². The number of H-pyrrole nitrogens is 1. The van der Waals surface area contributed by atoms with Crippen LogP contribution in [0.4, 0.5) is 5.69 Å². The number of nitrogens with one attached hydrogen (secondary N) is 2. The summed E-state index contributed by atoms with van der Waals surface area (Å²) in [6.45, 7) is 1.25. The number of aromatic hydroxyl groups is 1. The fraction of sp³-hybridized carbons (Fsp3) is 0.231. The lowest BCUT2D eigenvalue weighted by Gasteiger charge is -2.11. The first-order valence-electron chi connectivity index (χ1n) is 6.04. The Morgan fingerprint density at radius 3 is 2.89 bits per heavy atom. The standard InChI is InChI=1S/C13H16N4O2/c14-6-3-7-15-10-8-16-13(19)17-12(10)9-4-1-2-5-11(9)18/h1-2,4-5,8,15,18H,3,6-7,14H2,(H,16,17,19). The largest absolute Gasteiger partial charge is 0.507 e. The fourth-order valence-electron chi connectivity index (χ4n) is 1.75. The van der Waals surface area contributed by atoms with Gasteiger partial charge in [0.1, 0.15) is 5.75 Å². The molecule has 5 N–H and O–H groups in total. The first-order valence-corrected chi connectivity index (χ1v) is 6.04. The number of anilines is 1. The number of aromatic amines is 1. The van der Waals surface area contributed by atoms with Gasteiger partial charge in [-0.25, -0.2) is 4.79 Å². The molecular formula is C13H16N4O2. The lowest BCUT2D eigenvalue weighted by Crippen LogP contribution is -2.15. The Morgan fingerprint density at radius 2 is 2.16 bits per heavy atom. The van der Waals surface area contributed by atoms with Gasteiger partial charge in [0.05, 0.1) is 17.6 Å². The molecule has 2 rings (SSSR count). The van der Waals surface area contributed by atoms with Crippen LogP contribution in [0.25, 0.3) is 11.3 Å². The molecule has 0 aliphatic heterocycles. The Labute approximate surface area is 110 Å². The van der Waals surface area contributed by atoms with Crippen molar-refractivity contribution in [3.05, 3.63) is 40.9 Å². The third-order valence-electron chi connectivity index (χ3n) is 2.68. The van der Waals surface area contributed by atoms with Crippen LogP contribution < -0.4 is 16.7 Å². The van der Waals surface area contributed by atoms with E-state index in [1.165, 1.54) is 6.20 Å². The van der Waals surface area contributed by atoms with Crippen molar-refractivity contribution in [2.75, 3.05) is 18.4 Å². The smallest absolute Gasteiger partial charge is 0.345 e. The van der Waals surface area contributed by atoms with Crippen molar-refractivity contribution in [1.82, 2.24) is 9.97 Å². The first-order chi connectivity index (χ1) is 9.22. The Balaban J connectivity index is 2.40. The second kappa shape index (κ2) is 6.01. The van der Waals surface area contributed by atoms with Gasteiger partial charge in [-0.3, -0.25) is 0 Å². The number of phenols is 1. The molecule has 0 saturated heterocycles. The molecule has 0 fully saturated rings. The molecule has 1 aromatic carbocycles. The van der Waals surface area contributed by atoms with Gasteiger partial charge in [-0.1, -0.05) is 12.1 Å². The van der Waals surface area contributed by atoms with Gasteiger partial charge in [-0.15, -0.1) is 0 Å². The van der Waals surface area contributed by atoms with Crippen LogP contribution in [0.2, 0.25) is 0 Å². The maximum absolute atomic E-state index is 11.4. The van der Waals surface area contributed by atoms with Gasteiger partial charge in [0.25, 0.3) is 0 Å². The highest BCUT2D eigenvalue weighted by atomic mass is 16.3. The van der Waals surface area contributed by atoms with Crippen LogP contribution in [-0.4, -0.2) is 28.2 Å². The van der Waals surface area contributed by atoms with Crippen molar-refractivity contribution in [3.8, 4) is 17.0 Å². The minimum atomic E-state index is -0.456. The quantitative estimate of drug-likeness (QED) is 0.598. The summed E-state index contributed by atoms with van der Waals surface area (Å²) in [6.07, 6.45) is 2.26. The number of para-hydroxylation sites is 1. The van der Waals surface area contributed by atoms with E-state index in [0.717, 1.165) is 6.42 Å². The normalized spacial score (nSPS) is 10.4. The van der Waals surface area contributed by atoms with Crippen LogP contribution >= 0.6 is 0 Å². The van der Waals surface area contributed by atoms with E-state index in [0.29, 0.717) is 30.0 Å². The Kier molecular flexibility index (Phi) is 4.15. The van der Waals surface area contributed by atoms with E-state index in [4.69, 9.17) is 5.73 Å². The number of aromatic nitrogens is 2. The molecule has 0 spiro atoms. The summed E-state index contributed by atoms with van der Waals surface area (Å²) >= 11 is 0. The van der Waals surface area contributed by atoms with E-state index in [9.17, 15) is 9.90 Å². The van der Waals surface area contributed by atoms with Gasteiger partial charge in [-0.05, 0) is 25.1 Å². The topological polar surface area (TPSA) is 104 Å². The third-order valence-corrected chi connectivity index (χ3v) is 2.68. The Morgan fingerprint density at radius 1 is 1.37 bits per heavy atom. The molecule has 0 saturated carbocycles. The molecule has 0 radical (unpaired) electrons. The van der Waals surface area contributed by atoms with Crippen LogP contribution in [-0.2, 0) is 0 Å². The van der Waals surface area contributed by atoms with E-state index >= 15 is 0 Å². The molecule has 0 amide bonds.